The summed E-state index contributed by atoms with van der Waals surface area (Å²) in [6.07, 6.45) is 7.06. The van der Waals surface area contributed by atoms with Crippen LogP contribution < -0.4 is 10.6 Å². The molecule has 2 amide bonds. The largest absolute Gasteiger partial charge is 0.469 e. The Morgan fingerprint density at radius 1 is 1.53 bits per heavy atom. The fourth-order valence-corrected chi connectivity index (χ4v) is 2.30. The first-order valence-electron chi connectivity index (χ1n) is 6.33. The van der Waals surface area contributed by atoms with Crippen LogP contribution in [0.25, 0.3) is 0 Å². The molecule has 17 heavy (non-hydrogen) atoms. The van der Waals surface area contributed by atoms with Gasteiger partial charge in [-0.2, -0.15) is 0 Å². The molecule has 2 rings (SSSR count). The Morgan fingerprint density at radius 3 is 2.94 bits per heavy atom. The molecule has 0 bridgehead atoms. The number of rotatable bonds is 4. The summed E-state index contributed by atoms with van der Waals surface area (Å²) < 4.78 is 5.25. The van der Waals surface area contributed by atoms with Gasteiger partial charge in [0.2, 0.25) is 0 Å². The highest BCUT2D eigenvalue weighted by atomic mass is 16.3. The Bertz CT molecular complexity index is 342. The minimum atomic E-state index is -0.0593. The molecule has 0 aliphatic heterocycles. The van der Waals surface area contributed by atoms with Crippen molar-refractivity contribution in [1.82, 2.24) is 10.6 Å². The van der Waals surface area contributed by atoms with Crippen molar-refractivity contribution in [2.24, 2.45) is 0 Å². The van der Waals surface area contributed by atoms with Gasteiger partial charge in [0.15, 0.2) is 0 Å². The van der Waals surface area contributed by atoms with Crippen LogP contribution >= 0.6 is 0 Å². The number of urea groups is 1. The first-order valence-corrected chi connectivity index (χ1v) is 6.33. The summed E-state index contributed by atoms with van der Waals surface area (Å²) in [7, 11) is 0. The quantitative estimate of drug-likeness (QED) is 0.843. The van der Waals surface area contributed by atoms with Crippen molar-refractivity contribution >= 4 is 6.03 Å². The van der Waals surface area contributed by atoms with Crippen LogP contribution in [0, 0.1) is 0 Å². The summed E-state index contributed by atoms with van der Waals surface area (Å²) in [5.74, 6) is 0.902. The van der Waals surface area contributed by atoms with Crippen LogP contribution in [0.2, 0.25) is 0 Å². The molecule has 1 aromatic rings. The summed E-state index contributed by atoms with van der Waals surface area (Å²) in [5.41, 5.74) is 0. The van der Waals surface area contributed by atoms with Crippen LogP contribution in [0.4, 0.5) is 4.79 Å². The molecule has 4 nitrogen and oxygen atoms in total. The summed E-state index contributed by atoms with van der Waals surface area (Å²) in [6.45, 7) is 1.98. The first kappa shape index (κ1) is 12.0. The number of amides is 2. The van der Waals surface area contributed by atoms with Crippen molar-refractivity contribution < 1.29 is 9.21 Å². The van der Waals surface area contributed by atoms with Crippen molar-refractivity contribution in [3.05, 3.63) is 24.2 Å². The summed E-state index contributed by atoms with van der Waals surface area (Å²) in [6, 6.07) is 4.18. The molecule has 1 atom stereocenters. The van der Waals surface area contributed by atoms with Crippen molar-refractivity contribution in [3.8, 4) is 0 Å². The zero-order valence-corrected chi connectivity index (χ0v) is 10.2. The van der Waals surface area contributed by atoms with Gasteiger partial charge < -0.3 is 15.1 Å². The molecular formula is C13H20N2O2. The molecule has 0 unspecified atom stereocenters. The molecule has 1 saturated carbocycles. The van der Waals surface area contributed by atoms with E-state index in [-0.39, 0.29) is 12.1 Å². The van der Waals surface area contributed by atoms with Gasteiger partial charge in [-0.05, 0) is 31.9 Å². The van der Waals surface area contributed by atoms with E-state index >= 15 is 0 Å². The van der Waals surface area contributed by atoms with Gasteiger partial charge in [-0.15, -0.1) is 0 Å². The second kappa shape index (κ2) is 5.75. The van der Waals surface area contributed by atoms with E-state index in [0.29, 0.717) is 6.04 Å². The summed E-state index contributed by atoms with van der Waals surface area (Å²) >= 11 is 0. The van der Waals surface area contributed by atoms with Crippen LogP contribution in [0.1, 0.15) is 38.4 Å². The second-order valence-corrected chi connectivity index (χ2v) is 4.78. The molecule has 0 spiro atoms. The average molecular weight is 236 g/mol. The van der Waals surface area contributed by atoms with Gasteiger partial charge >= 0.3 is 6.03 Å². The lowest BCUT2D eigenvalue weighted by atomic mass is 10.2. The Labute approximate surface area is 102 Å². The number of carbonyl (C=O) groups is 1. The lowest BCUT2D eigenvalue weighted by Gasteiger charge is -2.16. The standard InChI is InChI=1S/C13H20N2O2/c1-10(9-12-7-4-8-17-12)14-13(16)15-11-5-2-3-6-11/h4,7-8,10-11H,2-3,5-6,9H2,1H3,(H2,14,15,16)/t10-/m0/s1. The van der Waals surface area contributed by atoms with Crippen molar-refractivity contribution in [1.29, 1.82) is 0 Å². The fourth-order valence-electron chi connectivity index (χ4n) is 2.30. The fraction of sp³-hybridized carbons (Fsp3) is 0.615. The van der Waals surface area contributed by atoms with E-state index in [1.165, 1.54) is 12.8 Å². The highest BCUT2D eigenvalue weighted by Crippen LogP contribution is 2.17. The van der Waals surface area contributed by atoms with Crippen LogP contribution in [-0.4, -0.2) is 18.1 Å². The van der Waals surface area contributed by atoms with E-state index in [0.717, 1.165) is 25.0 Å². The van der Waals surface area contributed by atoms with Gasteiger partial charge in [0, 0.05) is 18.5 Å². The van der Waals surface area contributed by atoms with E-state index in [9.17, 15) is 4.79 Å². The molecule has 0 saturated heterocycles. The van der Waals surface area contributed by atoms with E-state index in [1.54, 1.807) is 6.26 Å². The van der Waals surface area contributed by atoms with Gasteiger partial charge in [-0.1, -0.05) is 12.8 Å². The van der Waals surface area contributed by atoms with E-state index in [1.807, 2.05) is 19.1 Å². The molecule has 1 aliphatic rings. The number of nitrogens with one attached hydrogen (secondary N) is 2. The van der Waals surface area contributed by atoms with E-state index < -0.39 is 0 Å². The van der Waals surface area contributed by atoms with Gasteiger partial charge in [-0.3, -0.25) is 0 Å². The van der Waals surface area contributed by atoms with Crippen LogP contribution in [0.15, 0.2) is 22.8 Å². The summed E-state index contributed by atoms with van der Waals surface area (Å²) in [4.78, 5) is 11.7. The van der Waals surface area contributed by atoms with Crippen LogP contribution in [0.3, 0.4) is 0 Å². The maximum Gasteiger partial charge on any atom is 0.315 e. The number of hydrogen-bond donors (Lipinski definition) is 2. The van der Waals surface area contributed by atoms with Crippen LogP contribution in [0.5, 0.6) is 0 Å². The molecule has 94 valence electrons. The minimum absolute atomic E-state index is 0.0593. The third-order valence-electron chi connectivity index (χ3n) is 3.16. The molecule has 2 N–H and O–H groups in total. The summed E-state index contributed by atoms with van der Waals surface area (Å²) in [5, 5.41) is 5.94. The first-order chi connectivity index (χ1) is 8.24. The van der Waals surface area contributed by atoms with Crippen molar-refractivity contribution in [3.63, 3.8) is 0 Å². The Kier molecular flexibility index (Phi) is 4.07. The maximum atomic E-state index is 11.7. The topological polar surface area (TPSA) is 54.3 Å². The Hall–Kier alpha value is -1.45. The molecule has 4 heteroatoms. The molecule has 1 heterocycles. The predicted octanol–water partition coefficient (Wildman–Crippen LogP) is 2.45. The second-order valence-electron chi connectivity index (χ2n) is 4.78. The number of hydrogen-bond acceptors (Lipinski definition) is 2. The Morgan fingerprint density at radius 2 is 2.29 bits per heavy atom. The van der Waals surface area contributed by atoms with Gasteiger partial charge in [0.1, 0.15) is 5.76 Å². The number of furan rings is 1. The molecular weight excluding hydrogens is 216 g/mol. The van der Waals surface area contributed by atoms with Gasteiger partial charge in [0.25, 0.3) is 0 Å². The van der Waals surface area contributed by atoms with Crippen molar-refractivity contribution in [2.75, 3.05) is 0 Å². The monoisotopic (exact) mass is 236 g/mol. The molecule has 1 aliphatic carbocycles. The molecule has 1 aromatic heterocycles. The molecule has 0 aromatic carbocycles. The van der Waals surface area contributed by atoms with Crippen LogP contribution in [-0.2, 0) is 6.42 Å². The molecule has 0 radical (unpaired) electrons. The highest BCUT2D eigenvalue weighted by Gasteiger charge is 2.18. The van der Waals surface area contributed by atoms with Gasteiger partial charge in [-0.25, -0.2) is 4.79 Å². The normalized spacial score (nSPS) is 17.9. The lowest BCUT2D eigenvalue weighted by molar-refractivity contribution is 0.233. The predicted molar refractivity (Wildman–Crippen MR) is 65.8 cm³/mol. The zero-order chi connectivity index (χ0) is 12.1. The SMILES string of the molecule is C[C@@H](Cc1ccco1)NC(=O)NC1CCCC1. The third-order valence-corrected chi connectivity index (χ3v) is 3.16. The van der Waals surface area contributed by atoms with Gasteiger partial charge in [0.05, 0.1) is 6.26 Å². The highest BCUT2D eigenvalue weighted by molar-refractivity contribution is 5.74. The maximum absolute atomic E-state index is 11.7. The lowest BCUT2D eigenvalue weighted by Crippen LogP contribution is -2.45. The zero-order valence-electron chi connectivity index (χ0n) is 10.2. The number of carbonyl (C=O) groups excluding carboxylic acids is 1. The Balaban J connectivity index is 1.70. The molecule has 1 fully saturated rings. The van der Waals surface area contributed by atoms with Crippen molar-refractivity contribution in [2.45, 2.75) is 51.1 Å². The minimum Gasteiger partial charge on any atom is -0.469 e. The smallest absolute Gasteiger partial charge is 0.315 e. The third kappa shape index (κ3) is 3.80. The average Bonchev–Trinajstić information content (AvgIpc) is 2.90. The van der Waals surface area contributed by atoms with E-state index in [2.05, 4.69) is 10.6 Å². The van der Waals surface area contributed by atoms with E-state index in [4.69, 9.17) is 4.42 Å².